The Hall–Kier alpha value is -1.06. The lowest BCUT2D eigenvalue weighted by molar-refractivity contribution is 0.228. The highest BCUT2D eigenvalue weighted by Gasteiger charge is 2.01. The molecule has 0 saturated heterocycles. The van der Waals surface area contributed by atoms with Crippen LogP contribution in [0.15, 0.2) is 24.3 Å². The maximum Gasteiger partial charge on any atom is 0.120 e. The van der Waals surface area contributed by atoms with Crippen molar-refractivity contribution in [1.29, 1.82) is 0 Å². The monoisotopic (exact) mass is 265 g/mol. The van der Waals surface area contributed by atoms with Gasteiger partial charge in [0, 0.05) is 13.2 Å². The molecule has 0 spiro atoms. The summed E-state index contributed by atoms with van der Waals surface area (Å²) in [5.74, 6) is 1.34. The largest absolute Gasteiger partial charge is 0.491 e. The van der Waals surface area contributed by atoms with Crippen LogP contribution in [-0.2, 0) is 6.54 Å². The highest BCUT2D eigenvalue weighted by atomic mass is 16.5. The van der Waals surface area contributed by atoms with Crippen LogP contribution in [0.4, 0.5) is 0 Å². The van der Waals surface area contributed by atoms with E-state index < -0.39 is 0 Å². The third-order valence-corrected chi connectivity index (χ3v) is 2.96. The highest BCUT2D eigenvalue weighted by Crippen LogP contribution is 2.14. The van der Waals surface area contributed by atoms with E-state index in [1.165, 1.54) is 5.56 Å². The van der Waals surface area contributed by atoms with Gasteiger partial charge >= 0.3 is 0 Å². The van der Waals surface area contributed by atoms with Crippen LogP contribution >= 0.6 is 0 Å². The van der Waals surface area contributed by atoms with Gasteiger partial charge in [0.1, 0.15) is 5.75 Å². The lowest BCUT2D eigenvalue weighted by Gasteiger charge is -2.12. The van der Waals surface area contributed by atoms with Crippen LogP contribution in [0.2, 0.25) is 0 Å². The van der Waals surface area contributed by atoms with E-state index in [4.69, 9.17) is 9.84 Å². The number of rotatable bonds is 9. The molecule has 0 aliphatic rings. The molecule has 1 aromatic rings. The Morgan fingerprint density at radius 3 is 2.74 bits per heavy atom. The fourth-order valence-corrected chi connectivity index (χ4v) is 1.90. The third-order valence-electron chi connectivity index (χ3n) is 2.96. The van der Waals surface area contributed by atoms with E-state index in [-0.39, 0.29) is 12.7 Å². The number of benzene rings is 1. The van der Waals surface area contributed by atoms with Crippen LogP contribution < -0.4 is 10.1 Å². The SMILES string of the molecule is CC(CO)CCCNCc1cccc(OC(C)C)c1. The van der Waals surface area contributed by atoms with Crippen LogP contribution in [0.5, 0.6) is 5.75 Å². The summed E-state index contributed by atoms with van der Waals surface area (Å²) in [6, 6.07) is 8.22. The summed E-state index contributed by atoms with van der Waals surface area (Å²) < 4.78 is 5.67. The van der Waals surface area contributed by atoms with Gasteiger partial charge in [-0.2, -0.15) is 0 Å². The molecule has 0 heterocycles. The van der Waals surface area contributed by atoms with E-state index in [0.29, 0.717) is 5.92 Å². The molecule has 0 radical (unpaired) electrons. The van der Waals surface area contributed by atoms with Gasteiger partial charge in [0.15, 0.2) is 0 Å². The first-order chi connectivity index (χ1) is 9.11. The number of hydrogen-bond donors (Lipinski definition) is 2. The summed E-state index contributed by atoms with van der Waals surface area (Å²) in [7, 11) is 0. The van der Waals surface area contributed by atoms with Crippen LogP contribution in [-0.4, -0.2) is 24.4 Å². The predicted molar refractivity (Wildman–Crippen MR) is 79.4 cm³/mol. The van der Waals surface area contributed by atoms with Crippen molar-refractivity contribution in [3.63, 3.8) is 0 Å². The molecule has 3 heteroatoms. The van der Waals surface area contributed by atoms with Crippen molar-refractivity contribution in [2.75, 3.05) is 13.2 Å². The van der Waals surface area contributed by atoms with Gasteiger partial charge < -0.3 is 15.2 Å². The molecule has 0 aliphatic heterocycles. The number of aliphatic hydroxyl groups is 1. The van der Waals surface area contributed by atoms with Gasteiger partial charge in [-0.05, 0) is 56.8 Å². The van der Waals surface area contributed by atoms with Gasteiger partial charge in [-0.1, -0.05) is 19.1 Å². The zero-order valence-corrected chi connectivity index (χ0v) is 12.4. The van der Waals surface area contributed by atoms with Crippen molar-refractivity contribution in [3.05, 3.63) is 29.8 Å². The maximum absolute atomic E-state index is 8.94. The molecule has 0 saturated carbocycles. The summed E-state index contributed by atoms with van der Waals surface area (Å²) in [5.41, 5.74) is 1.24. The molecule has 0 aromatic heterocycles. The standard InChI is InChI=1S/C16H27NO2/c1-13(2)19-16-8-4-7-15(10-16)11-17-9-5-6-14(3)12-18/h4,7-8,10,13-14,17-18H,5-6,9,11-12H2,1-3H3. The van der Waals surface area contributed by atoms with E-state index >= 15 is 0 Å². The Morgan fingerprint density at radius 1 is 1.26 bits per heavy atom. The van der Waals surface area contributed by atoms with Crippen molar-refractivity contribution < 1.29 is 9.84 Å². The first kappa shape index (κ1) is 16.0. The second-order valence-corrected chi connectivity index (χ2v) is 5.42. The van der Waals surface area contributed by atoms with Crippen molar-refractivity contribution in [3.8, 4) is 5.75 Å². The minimum atomic E-state index is 0.211. The molecule has 19 heavy (non-hydrogen) atoms. The summed E-state index contributed by atoms with van der Waals surface area (Å²) in [4.78, 5) is 0. The topological polar surface area (TPSA) is 41.5 Å². The molecule has 1 aromatic carbocycles. The number of nitrogens with one attached hydrogen (secondary N) is 1. The lowest BCUT2D eigenvalue weighted by Crippen LogP contribution is -2.16. The van der Waals surface area contributed by atoms with Gasteiger partial charge in [0.2, 0.25) is 0 Å². The van der Waals surface area contributed by atoms with E-state index in [1.807, 2.05) is 26.0 Å². The van der Waals surface area contributed by atoms with E-state index in [2.05, 4.69) is 24.4 Å². The van der Waals surface area contributed by atoms with Gasteiger partial charge in [-0.15, -0.1) is 0 Å². The zero-order chi connectivity index (χ0) is 14.1. The van der Waals surface area contributed by atoms with Gasteiger partial charge in [-0.25, -0.2) is 0 Å². The average Bonchev–Trinajstić information content (AvgIpc) is 2.37. The molecule has 0 aliphatic carbocycles. The Kier molecular flexibility index (Phi) is 7.53. The van der Waals surface area contributed by atoms with Crippen molar-refractivity contribution in [2.45, 2.75) is 46.3 Å². The van der Waals surface area contributed by atoms with Gasteiger partial charge in [-0.3, -0.25) is 0 Å². The molecule has 1 rings (SSSR count). The number of ether oxygens (including phenoxy) is 1. The van der Waals surface area contributed by atoms with Gasteiger partial charge in [0.25, 0.3) is 0 Å². The minimum absolute atomic E-state index is 0.211. The Balaban J connectivity index is 2.25. The fourth-order valence-electron chi connectivity index (χ4n) is 1.90. The molecule has 1 atom stereocenters. The molecule has 1 unspecified atom stereocenters. The van der Waals surface area contributed by atoms with E-state index in [0.717, 1.165) is 31.7 Å². The predicted octanol–water partition coefficient (Wildman–Crippen LogP) is 2.97. The summed E-state index contributed by atoms with van der Waals surface area (Å²) in [5, 5.41) is 12.4. The minimum Gasteiger partial charge on any atom is -0.491 e. The number of aliphatic hydroxyl groups excluding tert-OH is 1. The molecule has 0 amide bonds. The Labute approximate surface area is 117 Å². The normalized spacial score (nSPS) is 12.7. The van der Waals surface area contributed by atoms with Crippen LogP contribution in [0.25, 0.3) is 0 Å². The lowest BCUT2D eigenvalue weighted by atomic mass is 10.1. The fraction of sp³-hybridized carbons (Fsp3) is 0.625. The molecule has 0 bridgehead atoms. The Bertz CT molecular complexity index is 352. The van der Waals surface area contributed by atoms with Crippen LogP contribution in [0, 0.1) is 5.92 Å². The molecule has 108 valence electrons. The van der Waals surface area contributed by atoms with Crippen LogP contribution in [0.3, 0.4) is 0 Å². The maximum atomic E-state index is 8.94. The van der Waals surface area contributed by atoms with Crippen molar-refractivity contribution in [1.82, 2.24) is 5.32 Å². The zero-order valence-electron chi connectivity index (χ0n) is 12.4. The quantitative estimate of drug-likeness (QED) is 0.674. The summed E-state index contributed by atoms with van der Waals surface area (Å²) >= 11 is 0. The van der Waals surface area contributed by atoms with E-state index in [1.54, 1.807) is 0 Å². The molecular weight excluding hydrogens is 238 g/mol. The second-order valence-electron chi connectivity index (χ2n) is 5.42. The molecule has 3 nitrogen and oxygen atoms in total. The third kappa shape index (κ3) is 7.19. The number of hydrogen-bond acceptors (Lipinski definition) is 3. The van der Waals surface area contributed by atoms with Gasteiger partial charge in [0.05, 0.1) is 6.10 Å². The van der Waals surface area contributed by atoms with E-state index in [9.17, 15) is 0 Å². The average molecular weight is 265 g/mol. The first-order valence-electron chi connectivity index (χ1n) is 7.19. The summed E-state index contributed by atoms with van der Waals surface area (Å²) in [6.45, 7) is 8.28. The van der Waals surface area contributed by atoms with Crippen molar-refractivity contribution >= 4 is 0 Å². The molecular formula is C16H27NO2. The first-order valence-corrected chi connectivity index (χ1v) is 7.19. The summed E-state index contributed by atoms with van der Waals surface area (Å²) in [6.07, 6.45) is 2.38. The Morgan fingerprint density at radius 2 is 2.05 bits per heavy atom. The van der Waals surface area contributed by atoms with Crippen molar-refractivity contribution in [2.24, 2.45) is 5.92 Å². The highest BCUT2D eigenvalue weighted by molar-refractivity contribution is 5.28. The molecule has 2 N–H and O–H groups in total. The van der Waals surface area contributed by atoms with Crippen LogP contribution in [0.1, 0.15) is 39.2 Å². The second kappa shape index (κ2) is 8.94. The molecule has 0 fully saturated rings. The smallest absolute Gasteiger partial charge is 0.120 e.